The second-order valence-electron chi connectivity index (χ2n) is 7.25. The van der Waals surface area contributed by atoms with Gasteiger partial charge in [-0.1, -0.05) is 32.1 Å². The van der Waals surface area contributed by atoms with E-state index in [0.29, 0.717) is 11.6 Å². The number of fused-ring (bicyclic) bond motifs is 2. The first-order valence-electron chi connectivity index (χ1n) is 8.85. The molecule has 3 aliphatic rings. The first-order chi connectivity index (χ1) is 11.2. The lowest BCUT2D eigenvalue weighted by atomic mass is 9.80. The van der Waals surface area contributed by atoms with Crippen LogP contribution in [-0.2, 0) is 10.3 Å². The number of aromatic nitrogens is 1. The van der Waals surface area contributed by atoms with Gasteiger partial charge in [-0.05, 0) is 43.7 Å². The van der Waals surface area contributed by atoms with Crippen LogP contribution >= 0.6 is 0 Å². The van der Waals surface area contributed by atoms with Gasteiger partial charge in [0.15, 0.2) is 5.78 Å². The molecule has 1 aliphatic heterocycles. The van der Waals surface area contributed by atoms with Gasteiger partial charge in [-0.15, -0.1) is 0 Å². The molecule has 1 aromatic rings. The van der Waals surface area contributed by atoms with Crippen LogP contribution in [0, 0.1) is 0 Å². The number of allylic oxidation sites excluding steroid dienone is 1. The van der Waals surface area contributed by atoms with E-state index in [9.17, 15) is 14.7 Å². The quantitative estimate of drug-likeness (QED) is 0.484. The van der Waals surface area contributed by atoms with Gasteiger partial charge in [0.1, 0.15) is 11.1 Å². The smallest absolute Gasteiger partial charge is 0.216 e. The highest BCUT2D eigenvalue weighted by atomic mass is 16.2. The van der Waals surface area contributed by atoms with Crippen LogP contribution in [0.2, 0.25) is 0 Å². The van der Waals surface area contributed by atoms with Crippen LogP contribution < -0.4 is 0 Å². The number of Topliss-reactive ketones (excluding diaryl/α,β-unsaturated/α-hetero) is 2. The molecule has 0 saturated heterocycles. The molecule has 0 radical (unpaired) electrons. The number of carbonyl (C=O) groups excluding carboxylic acids is 2. The lowest BCUT2D eigenvalue weighted by molar-refractivity contribution is -0.124. The fraction of sp³-hybridized carbons (Fsp3) is 0.579. The van der Waals surface area contributed by atoms with Crippen LogP contribution in [0.4, 0.5) is 0 Å². The number of carbonyl (C=O) groups is 2. The molecule has 23 heavy (non-hydrogen) atoms. The number of hydrogen-bond donors (Lipinski definition) is 1. The third-order valence-corrected chi connectivity index (χ3v) is 6.07. The Balaban J connectivity index is 1.90. The maximum Gasteiger partial charge on any atom is 0.216 e. The fourth-order valence-electron chi connectivity index (χ4n) is 4.95. The third kappa shape index (κ3) is 1.97. The molecule has 0 aromatic carbocycles. The molecule has 0 atom stereocenters. The van der Waals surface area contributed by atoms with Crippen molar-refractivity contribution >= 4 is 11.6 Å². The minimum atomic E-state index is -0.631. The molecule has 2 saturated carbocycles. The lowest BCUT2D eigenvalue weighted by Gasteiger charge is -2.39. The van der Waals surface area contributed by atoms with E-state index in [2.05, 4.69) is 10.6 Å². The topological polar surface area (TPSA) is 59.3 Å². The van der Waals surface area contributed by atoms with Crippen LogP contribution in [-0.4, -0.2) is 21.2 Å². The molecule has 2 heterocycles. The minimum Gasteiger partial charge on any atom is -0.515 e. The molecule has 1 spiro atoms. The van der Waals surface area contributed by atoms with Crippen LogP contribution in [0.1, 0.15) is 79.9 Å². The first-order valence-corrected chi connectivity index (χ1v) is 8.85. The molecular formula is C19H23NO3. The van der Waals surface area contributed by atoms with E-state index in [4.69, 9.17) is 0 Å². The Hall–Kier alpha value is -1.84. The van der Waals surface area contributed by atoms with E-state index in [1.807, 2.05) is 6.07 Å². The summed E-state index contributed by atoms with van der Waals surface area (Å²) >= 11 is 0. The van der Waals surface area contributed by atoms with Crippen molar-refractivity contribution < 1.29 is 14.7 Å². The van der Waals surface area contributed by atoms with Gasteiger partial charge in [-0.25, -0.2) is 0 Å². The van der Waals surface area contributed by atoms with Gasteiger partial charge in [-0.3, -0.25) is 9.59 Å². The molecule has 4 nitrogen and oxygen atoms in total. The summed E-state index contributed by atoms with van der Waals surface area (Å²) < 4.78 is 2.08. The highest BCUT2D eigenvalue weighted by molar-refractivity contribution is 6.29. The van der Waals surface area contributed by atoms with Crippen molar-refractivity contribution in [1.29, 1.82) is 0 Å². The van der Waals surface area contributed by atoms with Gasteiger partial charge in [-0.2, -0.15) is 0 Å². The van der Waals surface area contributed by atoms with E-state index < -0.39 is 5.54 Å². The number of aliphatic hydroxyl groups excluding tert-OH is 1. The average molecular weight is 313 g/mol. The van der Waals surface area contributed by atoms with Gasteiger partial charge >= 0.3 is 0 Å². The van der Waals surface area contributed by atoms with E-state index in [1.165, 1.54) is 25.0 Å². The Morgan fingerprint density at radius 1 is 1.04 bits per heavy atom. The molecule has 0 amide bonds. The van der Waals surface area contributed by atoms with Crippen molar-refractivity contribution in [2.24, 2.45) is 0 Å². The van der Waals surface area contributed by atoms with Gasteiger partial charge in [0.05, 0.1) is 12.0 Å². The molecule has 1 N–H and O–H groups in total. The van der Waals surface area contributed by atoms with Crippen molar-refractivity contribution in [3.8, 4) is 0 Å². The Labute approximate surface area is 136 Å². The van der Waals surface area contributed by atoms with Crippen molar-refractivity contribution in [2.45, 2.75) is 69.2 Å². The number of ketones is 2. The van der Waals surface area contributed by atoms with Crippen molar-refractivity contribution in [1.82, 2.24) is 4.57 Å². The second-order valence-corrected chi connectivity index (χ2v) is 7.25. The van der Waals surface area contributed by atoms with Crippen LogP contribution in [0.5, 0.6) is 0 Å². The Bertz CT molecular complexity index is 685. The number of aliphatic hydroxyl groups is 1. The predicted octanol–water partition coefficient (Wildman–Crippen LogP) is 4.01. The molecule has 122 valence electrons. The zero-order valence-corrected chi connectivity index (χ0v) is 13.4. The molecule has 0 bridgehead atoms. The maximum absolute atomic E-state index is 13.0. The number of hydrogen-bond acceptors (Lipinski definition) is 3. The van der Waals surface area contributed by atoms with Gasteiger partial charge in [0, 0.05) is 5.69 Å². The summed E-state index contributed by atoms with van der Waals surface area (Å²) in [5.41, 5.74) is 1.09. The summed E-state index contributed by atoms with van der Waals surface area (Å²) in [6.07, 6.45) is 10.3. The highest BCUT2D eigenvalue weighted by Crippen LogP contribution is 2.47. The zero-order valence-electron chi connectivity index (χ0n) is 13.4. The molecule has 4 rings (SSSR count). The summed E-state index contributed by atoms with van der Waals surface area (Å²) in [6.45, 7) is 0. The van der Waals surface area contributed by atoms with E-state index >= 15 is 0 Å². The average Bonchev–Trinajstić information content (AvgIpc) is 3.23. The third-order valence-electron chi connectivity index (χ3n) is 6.07. The van der Waals surface area contributed by atoms with Gasteiger partial charge < -0.3 is 9.67 Å². The van der Waals surface area contributed by atoms with E-state index in [1.54, 1.807) is 0 Å². The molecule has 1 aromatic heterocycles. The normalized spacial score (nSPS) is 26.2. The fourth-order valence-corrected chi connectivity index (χ4v) is 4.95. The van der Waals surface area contributed by atoms with E-state index in [-0.39, 0.29) is 17.1 Å². The first kappa shape index (κ1) is 14.7. The van der Waals surface area contributed by atoms with Crippen LogP contribution in [0.3, 0.4) is 0 Å². The molecule has 0 unspecified atom stereocenters. The number of nitrogens with zero attached hydrogens (tertiary/aromatic N) is 1. The van der Waals surface area contributed by atoms with Gasteiger partial charge in [0.2, 0.25) is 5.78 Å². The summed E-state index contributed by atoms with van der Waals surface area (Å²) in [7, 11) is 0. The number of rotatable bonds is 1. The van der Waals surface area contributed by atoms with Crippen LogP contribution in [0.15, 0.2) is 24.0 Å². The molecular weight excluding hydrogens is 290 g/mol. The summed E-state index contributed by atoms with van der Waals surface area (Å²) in [5, 5.41) is 9.44. The summed E-state index contributed by atoms with van der Waals surface area (Å²) in [5.74, 6) is -0.0458. The zero-order chi connectivity index (χ0) is 16.0. The predicted molar refractivity (Wildman–Crippen MR) is 86.7 cm³/mol. The maximum atomic E-state index is 13.0. The SMILES string of the molecule is O=C1C(=CO)C(=O)C2(CCCC2)n2c1ccc2C1CCCCC1. The highest BCUT2D eigenvalue weighted by Gasteiger charge is 2.51. The minimum absolute atomic E-state index is 0.0345. The summed E-state index contributed by atoms with van der Waals surface area (Å²) in [4.78, 5) is 25.6. The van der Waals surface area contributed by atoms with Crippen LogP contribution in [0.25, 0.3) is 0 Å². The van der Waals surface area contributed by atoms with Gasteiger partial charge in [0.25, 0.3) is 0 Å². The monoisotopic (exact) mass is 313 g/mol. The molecule has 2 fully saturated rings. The second kappa shape index (κ2) is 5.36. The largest absolute Gasteiger partial charge is 0.515 e. The van der Waals surface area contributed by atoms with Crippen molar-refractivity contribution in [3.05, 3.63) is 35.4 Å². The molecule has 2 aliphatic carbocycles. The van der Waals surface area contributed by atoms with Crippen molar-refractivity contribution in [3.63, 3.8) is 0 Å². The standard InChI is InChI=1S/C19H23NO3/c21-12-14-17(22)16-9-8-15(13-6-2-1-3-7-13)20(16)19(18(14)23)10-4-5-11-19/h8-9,12-13,21H,1-7,10-11H2. The van der Waals surface area contributed by atoms with Crippen molar-refractivity contribution in [2.75, 3.05) is 0 Å². The molecule has 4 heteroatoms. The van der Waals surface area contributed by atoms with E-state index in [0.717, 1.165) is 44.8 Å². The Morgan fingerprint density at radius 3 is 2.39 bits per heavy atom. The Kier molecular flexibility index (Phi) is 3.43. The lowest BCUT2D eigenvalue weighted by Crippen LogP contribution is -2.48. The summed E-state index contributed by atoms with van der Waals surface area (Å²) in [6, 6.07) is 3.92. The Morgan fingerprint density at radius 2 is 1.74 bits per heavy atom.